The van der Waals surface area contributed by atoms with Crippen LogP contribution in [0.25, 0.3) is 0 Å². The molecule has 0 N–H and O–H groups in total. The number of rotatable bonds is 4. The van der Waals surface area contributed by atoms with Crippen molar-refractivity contribution in [3.63, 3.8) is 0 Å². The third-order valence-electron chi connectivity index (χ3n) is 4.06. The highest BCUT2D eigenvalue weighted by molar-refractivity contribution is 7.89. The molecule has 2 fully saturated rings. The SMILES string of the molecule is CCS(=O)(=O)N1C[C@@H](Oc2ccccn2)[C@@H]2OCCC[C@@H]21. The molecule has 2 aliphatic heterocycles. The summed E-state index contributed by atoms with van der Waals surface area (Å²) in [6.45, 7) is 2.66. The quantitative estimate of drug-likeness (QED) is 0.831. The van der Waals surface area contributed by atoms with Crippen LogP contribution in [-0.2, 0) is 14.8 Å². The smallest absolute Gasteiger partial charge is 0.214 e. The first kappa shape index (κ1) is 14.7. The Morgan fingerprint density at radius 1 is 1.48 bits per heavy atom. The van der Waals surface area contributed by atoms with Gasteiger partial charge in [0.15, 0.2) is 0 Å². The first-order valence-electron chi connectivity index (χ1n) is 7.30. The highest BCUT2D eigenvalue weighted by Gasteiger charge is 2.49. The maximum absolute atomic E-state index is 12.3. The third-order valence-corrected chi connectivity index (χ3v) is 5.93. The Morgan fingerprint density at radius 3 is 3.05 bits per heavy atom. The minimum atomic E-state index is -3.24. The van der Waals surface area contributed by atoms with Crippen LogP contribution in [-0.4, -0.2) is 54.9 Å². The van der Waals surface area contributed by atoms with Gasteiger partial charge in [-0.3, -0.25) is 0 Å². The van der Waals surface area contributed by atoms with Crippen molar-refractivity contribution < 1.29 is 17.9 Å². The molecule has 0 spiro atoms. The van der Waals surface area contributed by atoms with Crippen LogP contribution in [0.3, 0.4) is 0 Å². The van der Waals surface area contributed by atoms with Crippen LogP contribution < -0.4 is 4.74 Å². The first-order valence-corrected chi connectivity index (χ1v) is 8.91. The minimum Gasteiger partial charge on any atom is -0.470 e. The van der Waals surface area contributed by atoms with Crippen LogP contribution in [0.5, 0.6) is 5.88 Å². The number of hydrogen-bond donors (Lipinski definition) is 0. The monoisotopic (exact) mass is 312 g/mol. The number of sulfonamides is 1. The molecule has 0 aliphatic carbocycles. The molecule has 1 aromatic rings. The lowest BCUT2D eigenvalue weighted by Crippen LogP contribution is -2.44. The molecule has 0 aromatic carbocycles. The van der Waals surface area contributed by atoms with Crippen molar-refractivity contribution in [3.05, 3.63) is 24.4 Å². The zero-order valence-electron chi connectivity index (χ0n) is 12.0. The fraction of sp³-hybridized carbons (Fsp3) is 0.643. The van der Waals surface area contributed by atoms with Crippen molar-refractivity contribution in [2.75, 3.05) is 18.9 Å². The highest BCUT2D eigenvalue weighted by atomic mass is 32.2. The average molecular weight is 312 g/mol. The van der Waals surface area contributed by atoms with Crippen LogP contribution in [0.2, 0.25) is 0 Å². The summed E-state index contributed by atoms with van der Waals surface area (Å²) in [5.74, 6) is 0.609. The molecule has 1 aromatic heterocycles. The predicted octanol–water partition coefficient (Wildman–Crippen LogP) is 1.04. The van der Waals surface area contributed by atoms with Gasteiger partial charge in [-0.15, -0.1) is 0 Å². The van der Waals surface area contributed by atoms with Crippen LogP contribution in [0, 0.1) is 0 Å². The van der Waals surface area contributed by atoms with Gasteiger partial charge in [0.25, 0.3) is 0 Å². The second kappa shape index (κ2) is 5.90. The van der Waals surface area contributed by atoms with Crippen LogP contribution in [0.1, 0.15) is 19.8 Å². The van der Waals surface area contributed by atoms with Crippen molar-refractivity contribution in [1.29, 1.82) is 0 Å². The number of ether oxygens (including phenoxy) is 2. The van der Waals surface area contributed by atoms with Crippen molar-refractivity contribution >= 4 is 10.0 Å². The molecule has 6 nitrogen and oxygen atoms in total. The Balaban J connectivity index is 1.82. The van der Waals surface area contributed by atoms with Crippen molar-refractivity contribution in [2.24, 2.45) is 0 Å². The molecule has 3 heterocycles. The van der Waals surface area contributed by atoms with Gasteiger partial charge in [-0.25, -0.2) is 13.4 Å². The Labute approximate surface area is 125 Å². The Kier molecular flexibility index (Phi) is 4.14. The summed E-state index contributed by atoms with van der Waals surface area (Å²) in [5, 5.41) is 0. The zero-order valence-corrected chi connectivity index (χ0v) is 12.8. The van der Waals surface area contributed by atoms with Crippen molar-refractivity contribution in [2.45, 2.75) is 38.0 Å². The van der Waals surface area contributed by atoms with Crippen LogP contribution in [0.15, 0.2) is 24.4 Å². The lowest BCUT2D eigenvalue weighted by atomic mass is 10.0. The van der Waals surface area contributed by atoms with Crippen molar-refractivity contribution in [1.82, 2.24) is 9.29 Å². The normalized spacial score (nSPS) is 30.0. The molecule has 2 aliphatic rings. The fourth-order valence-electron chi connectivity index (χ4n) is 3.03. The molecule has 116 valence electrons. The molecule has 21 heavy (non-hydrogen) atoms. The summed E-state index contributed by atoms with van der Waals surface area (Å²) in [5.41, 5.74) is 0. The van der Waals surface area contributed by atoms with Crippen LogP contribution in [0.4, 0.5) is 0 Å². The second-order valence-electron chi connectivity index (χ2n) is 5.34. The first-order chi connectivity index (χ1) is 10.1. The molecule has 0 amide bonds. The molecule has 2 saturated heterocycles. The number of aromatic nitrogens is 1. The summed E-state index contributed by atoms with van der Waals surface area (Å²) in [6, 6.07) is 5.32. The number of hydrogen-bond acceptors (Lipinski definition) is 5. The van der Waals surface area contributed by atoms with E-state index in [2.05, 4.69) is 4.98 Å². The van der Waals surface area contributed by atoms with E-state index in [4.69, 9.17) is 9.47 Å². The molecule has 0 bridgehead atoms. The van der Waals surface area contributed by atoms with Crippen molar-refractivity contribution in [3.8, 4) is 5.88 Å². The van der Waals surface area contributed by atoms with E-state index >= 15 is 0 Å². The number of nitrogens with zero attached hydrogens (tertiary/aromatic N) is 2. The molecule has 3 rings (SSSR count). The summed E-state index contributed by atoms with van der Waals surface area (Å²) < 4.78 is 37.7. The van der Waals surface area contributed by atoms with E-state index in [0.29, 0.717) is 19.0 Å². The van der Waals surface area contributed by atoms with Gasteiger partial charge < -0.3 is 9.47 Å². The molecule has 0 saturated carbocycles. The molecule has 3 atom stereocenters. The van der Waals surface area contributed by atoms with E-state index in [0.717, 1.165) is 12.8 Å². The Morgan fingerprint density at radius 2 is 2.33 bits per heavy atom. The molecule has 0 radical (unpaired) electrons. The standard InChI is InChI=1S/C14H20N2O4S/c1-2-21(17,18)16-10-12(14-11(16)6-5-9-19-14)20-13-7-3-4-8-15-13/h3-4,7-8,11-12,14H,2,5-6,9-10H2,1H3/t11-,12+,14+/m0/s1. The second-order valence-corrected chi connectivity index (χ2v) is 7.55. The van der Waals surface area contributed by atoms with Gasteiger partial charge in [0, 0.05) is 18.9 Å². The van der Waals surface area contributed by atoms with E-state index in [9.17, 15) is 8.42 Å². The molecular weight excluding hydrogens is 292 g/mol. The zero-order chi connectivity index (χ0) is 14.9. The maximum Gasteiger partial charge on any atom is 0.214 e. The predicted molar refractivity (Wildman–Crippen MR) is 77.6 cm³/mol. The minimum absolute atomic E-state index is 0.104. The van der Waals surface area contributed by atoms with Gasteiger partial charge in [-0.1, -0.05) is 6.07 Å². The lowest BCUT2D eigenvalue weighted by Gasteiger charge is -2.31. The highest BCUT2D eigenvalue weighted by Crippen LogP contribution is 2.33. The van der Waals surface area contributed by atoms with Gasteiger partial charge in [0.2, 0.25) is 15.9 Å². The maximum atomic E-state index is 12.3. The van der Waals surface area contributed by atoms with Gasteiger partial charge in [0.1, 0.15) is 12.2 Å². The summed E-state index contributed by atoms with van der Waals surface area (Å²) in [6.07, 6.45) is 2.86. The summed E-state index contributed by atoms with van der Waals surface area (Å²) >= 11 is 0. The summed E-state index contributed by atoms with van der Waals surface area (Å²) in [7, 11) is -3.24. The molecule has 0 unspecified atom stereocenters. The Hall–Kier alpha value is -1.18. The number of pyridine rings is 1. The molecular formula is C14H20N2O4S. The summed E-state index contributed by atoms with van der Waals surface area (Å²) in [4.78, 5) is 4.14. The van der Waals surface area contributed by atoms with E-state index in [-0.39, 0.29) is 24.0 Å². The Bertz CT molecular complexity index is 578. The van der Waals surface area contributed by atoms with Crippen LogP contribution >= 0.6 is 0 Å². The van der Waals surface area contributed by atoms with E-state index in [1.165, 1.54) is 0 Å². The van der Waals surface area contributed by atoms with Gasteiger partial charge in [-0.05, 0) is 25.8 Å². The topological polar surface area (TPSA) is 68.7 Å². The van der Waals surface area contributed by atoms with E-state index in [1.54, 1.807) is 23.5 Å². The van der Waals surface area contributed by atoms with Gasteiger partial charge in [0.05, 0.1) is 18.3 Å². The van der Waals surface area contributed by atoms with E-state index in [1.807, 2.05) is 12.1 Å². The largest absolute Gasteiger partial charge is 0.470 e. The average Bonchev–Trinajstić information content (AvgIpc) is 2.88. The molecule has 7 heteroatoms. The number of fused-ring (bicyclic) bond motifs is 1. The van der Waals surface area contributed by atoms with E-state index < -0.39 is 10.0 Å². The third kappa shape index (κ3) is 2.90. The fourth-order valence-corrected chi connectivity index (χ4v) is 4.37. The van der Waals surface area contributed by atoms with Gasteiger partial charge >= 0.3 is 0 Å². The van der Waals surface area contributed by atoms with Gasteiger partial charge in [-0.2, -0.15) is 4.31 Å². The lowest BCUT2D eigenvalue weighted by molar-refractivity contribution is -0.0426.